The third-order valence-corrected chi connectivity index (χ3v) is 3.22. The van der Waals surface area contributed by atoms with Gasteiger partial charge in [0.05, 0.1) is 5.56 Å². The Morgan fingerprint density at radius 1 is 1.32 bits per heavy atom. The van der Waals surface area contributed by atoms with Gasteiger partial charge in [0.2, 0.25) is 0 Å². The Balaban J connectivity index is 2.30. The van der Waals surface area contributed by atoms with Gasteiger partial charge in [-0.15, -0.1) is 0 Å². The minimum Gasteiger partial charge on any atom is -0.478 e. The number of allylic oxidation sites excluding steroid dienone is 2. The van der Waals surface area contributed by atoms with Crippen LogP contribution in [0.5, 0.6) is 0 Å². The lowest BCUT2D eigenvalue weighted by atomic mass is 9.86. The number of aromatic carboxylic acids is 1. The van der Waals surface area contributed by atoms with Gasteiger partial charge in [-0.3, -0.25) is 0 Å². The summed E-state index contributed by atoms with van der Waals surface area (Å²) in [6, 6.07) is 6.92. The second kappa shape index (κ2) is 5.85. The maximum absolute atomic E-state index is 10.9. The van der Waals surface area contributed by atoms with Gasteiger partial charge < -0.3 is 9.84 Å². The fourth-order valence-corrected chi connectivity index (χ4v) is 2.18. The molecule has 0 amide bonds. The first kappa shape index (κ1) is 13.6. The SMILES string of the molecule is CCCOC1(c2ccc(C(=O)O)cc2)C=CC=CC1. The van der Waals surface area contributed by atoms with Crippen LogP contribution in [0.2, 0.25) is 0 Å². The van der Waals surface area contributed by atoms with Crippen LogP contribution in [0.3, 0.4) is 0 Å². The molecular weight excluding hydrogens is 240 g/mol. The summed E-state index contributed by atoms with van der Waals surface area (Å²) < 4.78 is 6.02. The Kier molecular flexibility index (Phi) is 4.17. The monoisotopic (exact) mass is 258 g/mol. The quantitative estimate of drug-likeness (QED) is 0.879. The third kappa shape index (κ3) is 2.93. The lowest BCUT2D eigenvalue weighted by molar-refractivity contribution is -0.0108. The van der Waals surface area contributed by atoms with Crippen LogP contribution in [0.25, 0.3) is 0 Å². The largest absolute Gasteiger partial charge is 0.478 e. The van der Waals surface area contributed by atoms with Gasteiger partial charge in [0, 0.05) is 13.0 Å². The van der Waals surface area contributed by atoms with Gasteiger partial charge >= 0.3 is 5.97 Å². The molecule has 1 N–H and O–H groups in total. The molecule has 0 spiro atoms. The molecule has 1 unspecified atom stereocenters. The molecule has 1 aromatic rings. The van der Waals surface area contributed by atoms with E-state index in [2.05, 4.69) is 13.0 Å². The van der Waals surface area contributed by atoms with Gasteiger partial charge in [-0.05, 0) is 30.2 Å². The van der Waals surface area contributed by atoms with E-state index in [1.807, 2.05) is 30.4 Å². The minimum atomic E-state index is -0.908. The van der Waals surface area contributed by atoms with Crippen LogP contribution < -0.4 is 0 Å². The summed E-state index contributed by atoms with van der Waals surface area (Å²) in [5.74, 6) is -0.908. The van der Waals surface area contributed by atoms with Crippen LogP contribution in [0.1, 0.15) is 35.7 Å². The molecule has 2 rings (SSSR count). The van der Waals surface area contributed by atoms with E-state index in [1.165, 1.54) is 0 Å². The minimum absolute atomic E-state index is 0.296. The number of benzene rings is 1. The number of carbonyl (C=O) groups is 1. The van der Waals surface area contributed by atoms with E-state index >= 15 is 0 Å². The first-order valence-electron chi connectivity index (χ1n) is 6.50. The second-order valence-corrected chi connectivity index (χ2v) is 4.61. The number of hydrogen-bond acceptors (Lipinski definition) is 2. The Labute approximate surface area is 113 Å². The van der Waals surface area contributed by atoms with Crippen molar-refractivity contribution in [2.45, 2.75) is 25.4 Å². The van der Waals surface area contributed by atoms with Gasteiger partial charge in [-0.25, -0.2) is 4.79 Å². The second-order valence-electron chi connectivity index (χ2n) is 4.61. The molecule has 3 heteroatoms. The summed E-state index contributed by atoms with van der Waals surface area (Å²) in [7, 11) is 0. The van der Waals surface area contributed by atoms with Crippen molar-refractivity contribution in [3.63, 3.8) is 0 Å². The van der Waals surface area contributed by atoms with Gasteiger partial charge in [0.15, 0.2) is 0 Å². The van der Waals surface area contributed by atoms with E-state index in [4.69, 9.17) is 9.84 Å². The average Bonchev–Trinajstić information content (AvgIpc) is 2.46. The highest BCUT2D eigenvalue weighted by Crippen LogP contribution is 2.34. The standard InChI is InChI=1S/C16H18O3/c1-2-12-19-16(10-4-3-5-11-16)14-8-6-13(7-9-14)15(17)18/h3-10H,2,11-12H2,1H3,(H,17,18). The zero-order valence-electron chi connectivity index (χ0n) is 11.0. The van der Waals surface area contributed by atoms with Gasteiger partial charge in [-0.1, -0.05) is 37.3 Å². The van der Waals surface area contributed by atoms with Crippen molar-refractivity contribution in [2.24, 2.45) is 0 Å². The topological polar surface area (TPSA) is 46.5 Å². The van der Waals surface area contributed by atoms with Crippen LogP contribution in [0, 0.1) is 0 Å². The summed E-state index contributed by atoms with van der Waals surface area (Å²) in [6.45, 7) is 2.75. The number of carboxylic acids is 1. The molecule has 100 valence electrons. The van der Waals surface area contributed by atoms with Crippen molar-refractivity contribution in [3.8, 4) is 0 Å². The molecule has 0 saturated heterocycles. The number of hydrogen-bond donors (Lipinski definition) is 1. The molecule has 19 heavy (non-hydrogen) atoms. The normalized spacial score (nSPS) is 21.5. The predicted octanol–water partition coefficient (Wildman–Crippen LogP) is 3.52. The zero-order valence-corrected chi connectivity index (χ0v) is 11.0. The number of rotatable bonds is 5. The lowest BCUT2D eigenvalue weighted by Gasteiger charge is -2.32. The first-order valence-corrected chi connectivity index (χ1v) is 6.50. The van der Waals surface area contributed by atoms with Crippen molar-refractivity contribution in [1.82, 2.24) is 0 Å². The van der Waals surface area contributed by atoms with Crippen molar-refractivity contribution in [3.05, 3.63) is 59.7 Å². The molecule has 0 heterocycles. The van der Waals surface area contributed by atoms with Gasteiger partial charge in [0.25, 0.3) is 0 Å². The van der Waals surface area contributed by atoms with Crippen LogP contribution in [0.15, 0.2) is 48.6 Å². The van der Waals surface area contributed by atoms with Crippen molar-refractivity contribution in [2.75, 3.05) is 6.61 Å². The fourth-order valence-electron chi connectivity index (χ4n) is 2.18. The molecule has 3 nitrogen and oxygen atoms in total. The highest BCUT2D eigenvalue weighted by Gasteiger charge is 2.30. The Bertz CT molecular complexity index is 499. The molecule has 1 atom stereocenters. The predicted molar refractivity (Wildman–Crippen MR) is 74.2 cm³/mol. The zero-order chi connectivity index (χ0) is 13.7. The van der Waals surface area contributed by atoms with E-state index in [-0.39, 0.29) is 0 Å². The van der Waals surface area contributed by atoms with E-state index in [0.717, 1.165) is 18.4 Å². The van der Waals surface area contributed by atoms with Crippen LogP contribution in [-0.2, 0) is 10.3 Å². The molecule has 0 aromatic heterocycles. The summed E-state index contributed by atoms with van der Waals surface area (Å²) in [5.41, 5.74) is 0.832. The molecule has 0 saturated carbocycles. The molecule has 0 radical (unpaired) electrons. The third-order valence-electron chi connectivity index (χ3n) is 3.22. The maximum Gasteiger partial charge on any atom is 0.335 e. The van der Waals surface area contributed by atoms with E-state index in [9.17, 15) is 4.79 Å². The molecular formula is C16H18O3. The van der Waals surface area contributed by atoms with Crippen LogP contribution in [0.4, 0.5) is 0 Å². The smallest absolute Gasteiger partial charge is 0.335 e. The van der Waals surface area contributed by atoms with Crippen LogP contribution in [-0.4, -0.2) is 17.7 Å². The van der Waals surface area contributed by atoms with Gasteiger partial charge in [-0.2, -0.15) is 0 Å². The molecule has 1 aromatic carbocycles. The molecule has 0 fully saturated rings. The van der Waals surface area contributed by atoms with E-state index in [0.29, 0.717) is 12.2 Å². The summed E-state index contributed by atoms with van der Waals surface area (Å²) in [5, 5.41) is 8.94. The van der Waals surface area contributed by atoms with Gasteiger partial charge in [0.1, 0.15) is 5.60 Å². The highest BCUT2D eigenvalue weighted by atomic mass is 16.5. The van der Waals surface area contributed by atoms with Crippen molar-refractivity contribution < 1.29 is 14.6 Å². The summed E-state index contributed by atoms with van der Waals surface area (Å²) in [4.78, 5) is 10.9. The molecule has 0 bridgehead atoms. The highest BCUT2D eigenvalue weighted by molar-refractivity contribution is 5.87. The maximum atomic E-state index is 10.9. The number of carboxylic acid groups (broad SMARTS) is 1. The Morgan fingerprint density at radius 2 is 2.05 bits per heavy atom. The van der Waals surface area contributed by atoms with Crippen LogP contribution >= 0.6 is 0 Å². The lowest BCUT2D eigenvalue weighted by Crippen LogP contribution is -2.28. The first-order chi connectivity index (χ1) is 9.18. The van der Waals surface area contributed by atoms with E-state index in [1.54, 1.807) is 12.1 Å². The summed E-state index contributed by atoms with van der Waals surface area (Å²) >= 11 is 0. The Morgan fingerprint density at radius 3 is 2.58 bits per heavy atom. The van der Waals surface area contributed by atoms with Crippen molar-refractivity contribution >= 4 is 5.97 Å². The molecule has 0 aliphatic heterocycles. The average molecular weight is 258 g/mol. The van der Waals surface area contributed by atoms with E-state index < -0.39 is 11.6 Å². The fraction of sp³-hybridized carbons (Fsp3) is 0.312. The summed E-state index contributed by atoms with van der Waals surface area (Å²) in [6.07, 6.45) is 9.81. The molecule has 1 aliphatic rings. The van der Waals surface area contributed by atoms with Crippen molar-refractivity contribution in [1.29, 1.82) is 0 Å². The molecule has 1 aliphatic carbocycles. The number of ether oxygens (including phenoxy) is 1. The Hall–Kier alpha value is -1.87.